The Bertz CT molecular complexity index is 794. The molecule has 0 saturated heterocycles. The number of non-ortho nitro benzene ring substituents is 1. The highest BCUT2D eigenvalue weighted by atomic mass is 32.2. The molecule has 0 aromatic heterocycles. The zero-order valence-corrected chi connectivity index (χ0v) is 11.9. The second-order valence-corrected chi connectivity index (χ2v) is 5.65. The molecule has 22 heavy (non-hydrogen) atoms. The molecule has 114 valence electrons. The summed E-state index contributed by atoms with van der Waals surface area (Å²) in [6.07, 6.45) is 1.31. The molecule has 0 atom stereocenters. The summed E-state index contributed by atoms with van der Waals surface area (Å²) in [4.78, 5) is 9.90. The minimum Gasteiger partial charge on any atom is -0.508 e. The number of hydrogen-bond donors (Lipinski definition) is 1. The average molecular weight is 321 g/mol. The molecule has 1 N–H and O–H groups in total. The summed E-state index contributed by atoms with van der Waals surface area (Å²) >= 11 is 0. The number of nitro benzene ring substituents is 1. The first-order valence-corrected chi connectivity index (χ1v) is 7.49. The fourth-order valence-corrected chi connectivity index (χ4v) is 2.29. The van der Waals surface area contributed by atoms with Gasteiger partial charge in [-0.2, -0.15) is 8.42 Å². The van der Waals surface area contributed by atoms with E-state index in [2.05, 4.69) is 0 Å². The number of benzene rings is 2. The molecule has 7 nitrogen and oxygen atoms in total. The molecule has 0 aliphatic carbocycles. The highest BCUT2D eigenvalue weighted by molar-refractivity contribution is 7.90. The van der Waals surface area contributed by atoms with Crippen LogP contribution in [0, 0.1) is 10.1 Å². The van der Waals surface area contributed by atoms with E-state index >= 15 is 0 Å². The Labute approximate surface area is 126 Å². The molecule has 0 radical (unpaired) electrons. The molecule has 2 aromatic rings. The van der Waals surface area contributed by atoms with E-state index in [1.54, 1.807) is 0 Å². The highest BCUT2D eigenvalue weighted by Crippen LogP contribution is 2.19. The van der Waals surface area contributed by atoms with Gasteiger partial charge in [0.15, 0.2) is 0 Å². The van der Waals surface area contributed by atoms with E-state index in [0.29, 0.717) is 5.56 Å². The normalized spacial score (nSPS) is 11.5. The van der Waals surface area contributed by atoms with Crippen LogP contribution in [0.15, 0.2) is 53.9 Å². The fraction of sp³-hybridized carbons (Fsp3) is 0. The second-order valence-electron chi connectivity index (χ2n) is 4.22. The topological polar surface area (TPSA) is 107 Å². The summed E-state index contributed by atoms with van der Waals surface area (Å²) in [7, 11) is -3.99. The van der Waals surface area contributed by atoms with Crippen LogP contribution < -0.4 is 4.18 Å². The third-order valence-corrected chi connectivity index (χ3v) is 3.47. The summed E-state index contributed by atoms with van der Waals surface area (Å²) in [5, 5.41) is 20.5. The van der Waals surface area contributed by atoms with Crippen LogP contribution in [0.3, 0.4) is 0 Å². The number of nitrogens with zero attached hydrogens (tertiary/aromatic N) is 1. The van der Waals surface area contributed by atoms with Gasteiger partial charge >= 0.3 is 10.1 Å². The van der Waals surface area contributed by atoms with Crippen LogP contribution in [0.4, 0.5) is 5.69 Å². The molecule has 0 amide bonds. The lowest BCUT2D eigenvalue weighted by atomic mass is 10.2. The van der Waals surface area contributed by atoms with Crippen molar-refractivity contribution in [3.05, 3.63) is 69.6 Å². The molecule has 0 saturated carbocycles. The van der Waals surface area contributed by atoms with Gasteiger partial charge in [-0.25, -0.2) is 0 Å². The number of rotatable bonds is 5. The molecule has 0 aliphatic rings. The van der Waals surface area contributed by atoms with Crippen LogP contribution in [0.5, 0.6) is 11.5 Å². The Kier molecular flexibility index (Phi) is 4.42. The van der Waals surface area contributed by atoms with Crippen LogP contribution in [-0.2, 0) is 10.1 Å². The third-order valence-electron chi connectivity index (χ3n) is 2.58. The van der Waals surface area contributed by atoms with Crippen molar-refractivity contribution in [1.29, 1.82) is 0 Å². The SMILES string of the molecule is O=[N+]([O-])c1ccc(OS(=O)(=O)/C=C/c2ccc(O)cc2)cc1. The minimum absolute atomic E-state index is 0.0269. The Balaban J connectivity index is 2.10. The summed E-state index contributed by atoms with van der Waals surface area (Å²) < 4.78 is 28.3. The van der Waals surface area contributed by atoms with Gasteiger partial charge in [0.25, 0.3) is 5.69 Å². The molecule has 2 aromatic carbocycles. The third kappa shape index (κ3) is 4.32. The van der Waals surface area contributed by atoms with E-state index in [4.69, 9.17) is 9.29 Å². The smallest absolute Gasteiger partial charge is 0.332 e. The molecule has 0 fully saturated rings. The van der Waals surface area contributed by atoms with Gasteiger partial charge in [0.2, 0.25) is 0 Å². The first-order chi connectivity index (χ1) is 10.4. The molecular weight excluding hydrogens is 310 g/mol. The Morgan fingerprint density at radius 1 is 1.05 bits per heavy atom. The van der Waals surface area contributed by atoms with E-state index in [1.807, 2.05) is 0 Å². The monoisotopic (exact) mass is 321 g/mol. The van der Waals surface area contributed by atoms with Gasteiger partial charge in [0.1, 0.15) is 11.5 Å². The van der Waals surface area contributed by atoms with Gasteiger partial charge in [-0.05, 0) is 35.9 Å². The Morgan fingerprint density at radius 3 is 2.18 bits per heavy atom. The molecule has 0 bridgehead atoms. The summed E-state index contributed by atoms with van der Waals surface area (Å²) in [5.74, 6) is 0.0445. The van der Waals surface area contributed by atoms with Crippen molar-refractivity contribution in [2.24, 2.45) is 0 Å². The molecule has 0 unspecified atom stereocenters. The number of aromatic hydroxyl groups is 1. The van der Waals surface area contributed by atoms with E-state index in [9.17, 15) is 18.5 Å². The maximum absolute atomic E-state index is 11.8. The van der Waals surface area contributed by atoms with Crippen molar-refractivity contribution in [1.82, 2.24) is 0 Å². The van der Waals surface area contributed by atoms with Crippen LogP contribution in [0.25, 0.3) is 6.08 Å². The maximum atomic E-state index is 11.8. The lowest BCUT2D eigenvalue weighted by Gasteiger charge is -2.02. The van der Waals surface area contributed by atoms with Gasteiger partial charge in [-0.3, -0.25) is 10.1 Å². The largest absolute Gasteiger partial charge is 0.508 e. The maximum Gasteiger partial charge on any atom is 0.332 e. The van der Waals surface area contributed by atoms with Gasteiger partial charge in [0.05, 0.1) is 10.3 Å². The first-order valence-electron chi connectivity index (χ1n) is 6.02. The van der Waals surface area contributed by atoms with Crippen molar-refractivity contribution in [2.45, 2.75) is 0 Å². The van der Waals surface area contributed by atoms with E-state index in [-0.39, 0.29) is 17.2 Å². The number of hydrogen-bond acceptors (Lipinski definition) is 6. The van der Waals surface area contributed by atoms with Crippen LogP contribution in [0.2, 0.25) is 0 Å². The van der Waals surface area contributed by atoms with E-state index in [1.165, 1.54) is 42.5 Å². The zero-order valence-electron chi connectivity index (χ0n) is 11.1. The molecule has 2 rings (SSSR count). The Hall–Kier alpha value is -2.87. The fourth-order valence-electron chi connectivity index (χ4n) is 1.53. The number of phenolic OH excluding ortho intramolecular Hbond substituents is 1. The molecule has 0 spiro atoms. The summed E-state index contributed by atoms with van der Waals surface area (Å²) in [6, 6.07) is 10.6. The predicted octanol–water partition coefficient (Wildman–Crippen LogP) is 2.68. The van der Waals surface area contributed by atoms with Gasteiger partial charge in [0, 0.05) is 12.1 Å². The van der Waals surface area contributed by atoms with Crippen LogP contribution in [-0.4, -0.2) is 18.4 Å². The zero-order chi connectivity index (χ0) is 16.2. The molecule has 0 heterocycles. The molecular formula is C14H11NO6S. The first kappa shape index (κ1) is 15.5. The standard InChI is InChI=1S/C14H11NO6S/c16-13-5-1-11(2-6-13)9-10-22(19,20)21-14-7-3-12(4-8-14)15(17)18/h1-10,16H/b10-9+. The highest BCUT2D eigenvalue weighted by Gasteiger charge is 2.10. The summed E-state index contributed by atoms with van der Waals surface area (Å²) in [6.45, 7) is 0. The molecule has 8 heteroatoms. The van der Waals surface area contributed by atoms with Crippen molar-refractivity contribution in [3.8, 4) is 11.5 Å². The van der Waals surface area contributed by atoms with Gasteiger partial charge in [-0.15, -0.1) is 0 Å². The number of nitro groups is 1. The minimum atomic E-state index is -3.99. The second kappa shape index (κ2) is 6.27. The lowest BCUT2D eigenvalue weighted by Crippen LogP contribution is -2.05. The van der Waals surface area contributed by atoms with Gasteiger partial charge < -0.3 is 9.29 Å². The van der Waals surface area contributed by atoms with Crippen molar-refractivity contribution in [2.75, 3.05) is 0 Å². The van der Waals surface area contributed by atoms with Gasteiger partial charge in [-0.1, -0.05) is 12.1 Å². The predicted molar refractivity (Wildman–Crippen MR) is 79.8 cm³/mol. The van der Waals surface area contributed by atoms with Crippen molar-refractivity contribution in [3.63, 3.8) is 0 Å². The van der Waals surface area contributed by atoms with E-state index in [0.717, 1.165) is 17.5 Å². The molecule has 0 aliphatic heterocycles. The lowest BCUT2D eigenvalue weighted by molar-refractivity contribution is -0.384. The van der Waals surface area contributed by atoms with Crippen molar-refractivity contribution < 1.29 is 22.6 Å². The summed E-state index contributed by atoms with van der Waals surface area (Å²) in [5.41, 5.74) is 0.401. The quantitative estimate of drug-likeness (QED) is 0.515. The number of phenols is 1. The van der Waals surface area contributed by atoms with Crippen LogP contribution >= 0.6 is 0 Å². The van der Waals surface area contributed by atoms with E-state index < -0.39 is 15.0 Å². The van der Waals surface area contributed by atoms with Crippen LogP contribution in [0.1, 0.15) is 5.56 Å². The Morgan fingerprint density at radius 2 is 1.64 bits per heavy atom. The average Bonchev–Trinajstić information content (AvgIpc) is 2.47. The van der Waals surface area contributed by atoms with Crippen molar-refractivity contribution >= 4 is 21.9 Å².